The van der Waals surface area contributed by atoms with Gasteiger partial charge < -0.3 is 4.42 Å². The summed E-state index contributed by atoms with van der Waals surface area (Å²) in [5, 5.41) is 0. The molecule has 0 amide bonds. The second kappa shape index (κ2) is 6.52. The van der Waals surface area contributed by atoms with Crippen LogP contribution in [0.15, 0.2) is 27.4 Å². The zero-order chi connectivity index (χ0) is 17.3. The first kappa shape index (κ1) is 16.9. The van der Waals surface area contributed by atoms with E-state index in [2.05, 4.69) is 4.98 Å². The van der Waals surface area contributed by atoms with Gasteiger partial charge in [0.15, 0.2) is 11.4 Å². The van der Waals surface area contributed by atoms with E-state index in [1.165, 1.54) is 4.31 Å². The van der Waals surface area contributed by atoms with Gasteiger partial charge in [0, 0.05) is 24.6 Å². The summed E-state index contributed by atoms with van der Waals surface area (Å²) < 4.78 is 30.6. The van der Waals surface area contributed by atoms with E-state index < -0.39 is 15.8 Å². The van der Waals surface area contributed by atoms with Gasteiger partial charge in [-0.1, -0.05) is 6.92 Å². The lowest BCUT2D eigenvalue weighted by molar-refractivity contribution is 0.0875. The number of piperidine rings is 1. The van der Waals surface area contributed by atoms with Crippen LogP contribution in [0.3, 0.4) is 0 Å². The number of carbonyl (C=O) groups is 1. The van der Waals surface area contributed by atoms with Crippen molar-refractivity contribution in [3.8, 4) is 0 Å². The lowest BCUT2D eigenvalue weighted by Crippen LogP contribution is -2.41. The third-order valence-electron chi connectivity index (χ3n) is 4.39. The van der Waals surface area contributed by atoms with Gasteiger partial charge in [-0.3, -0.25) is 9.78 Å². The Hall–Kier alpha value is -1.93. The highest BCUT2D eigenvalue weighted by molar-refractivity contribution is 7.89. The summed E-state index contributed by atoms with van der Waals surface area (Å²) in [6.07, 6.45) is 1.61. The van der Waals surface area contributed by atoms with Gasteiger partial charge >= 0.3 is 5.76 Å². The predicted octanol–water partition coefficient (Wildman–Crippen LogP) is 1.76. The van der Waals surface area contributed by atoms with Crippen LogP contribution in [0.2, 0.25) is 0 Å². The minimum absolute atomic E-state index is 0.0340. The van der Waals surface area contributed by atoms with Crippen molar-refractivity contribution in [2.45, 2.75) is 26.2 Å². The maximum atomic E-state index is 12.6. The number of oxazole rings is 1. The molecule has 1 fully saturated rings. The number of fused-ring (bicyclic) bond motifs is 1. The molecule has 7 nitrogen and oxygen atoms in total. The van der Waals surface area contributed by atoms with Crippen molar-refractivity contribution >= 4 is 26.9 Å². The number of benzene rings is 1. The Morgan fingerprint density at radius 3 is 2.71 bits per heavy atom. The molecule has 0 radical (unpaired) electrons. The summed E-state index contributed by atoms with van der Waals surface area (Å²) in [5.74, 6) is -0.645. The van der Waals surface area contributed by atoms with Crippen molar-refractivity contribution in [3.05, 3.63) is 34.3 Å². The fourth-order valence-electron chi connectivity index (χ4n) is 3.12. The molecule has 0 spiro atoms. The molecule has 0 atom stereocenters. The minimum atomic E-state index is -3.21. The normalized spacial score (nSPS) is 17.4. The maximum absolute atomic E-state index is 12.6. The van der Waals surface area contributed by atoms with E-state index in [-0.39, 0.29) is 17.5 Å². The predicted molar refractivity (Wildman–Crippen MR) is 89.5 cm³/mol. The first-order chi connectivity index (χ1) is 11.4. The molecule has 2 aromatic rings. The number of Topliss-reactive ketones (excluding diaryl/α,β-unsaturated/α-hetero) is 1. The molecule has 3 rings (SSSR count). The summed E-state index contributed by atoms with van der Waals surface area (Å²) in [5.41, 5.74) is 1.39. The molecular formula is C16H20N2O5S. The van der Waals surface area contributed by atoms with E-state index in [9.17, 15) is 18.0 Å². The summed E-state index contributed by atoms with van der Waals surface area (Å²) in [7, 11) is -3.21. The van der Waals surface area contributed by atoms with Crippen molar-refractivity contribution in [2.75, 3.05) is 18.8 Å². The van der Waals surface area contributed by atoms with Crippen molar-refractivity contribution in [3.63, 3.8) is 0 Å². The van der Waals surface area contributed by atoms with Crippen molar-refractivity contribution < 1.29 is 17.6 Å². The second-order valence-electron chi connectivity index (χ2n) is 6.08. The van der Waals surface area contributed by atoms with Gasteiger partial charge in [0.05, 0.1) is 11.3 Å². The van der Waals surface area contributed by atoms with Crippen molar-refractivity contribution in [2.24, 2.45) is 5.92 Å². The third-order valence-corrected chi connectivity index (χ3v) is 6.46. The Labute approximate surface area is 139 Å². The highest BCUT2D eigenvalue weighted by atomic mass is 32.2. The number of sulfonamides is 1. The third kappa shape index (κ3) is 3.29. The van der Waals surface area contributed by atoms with Gasteiger partial charge in [-0.05, 0) is 37.5 Å². The molecule has 1 N–H and O–H groups in total. The standard InChI is InChI=1S/C16H20N2O5S/c1-2-9-24(21,22)18-7-5-11(6-8-18)15(19)12-3-4-13-14(10-12)23-16(20)17-13/h3-4,10-11H,2,5-9H2,1H3,(H,17,20). The monoisotopic (exact) mass is 352 g/mol. The first-order valence-electron chi connectivity index (χ1n) is 8.05. The Morgan fingerprint density at radius 2 is 2.04 bits per heavy atom. The minimum Gasteiger partial charge on any atom is -0.408 e. The van der Waals surface area contributed by atoms with Gasteiger partial charge in [-0.2, -0.15) is 0 Å². The molecule has 2 heterocycles. The number of aromatic nitrogens is 1. The van der Waals surface area contributed by atoms with Gasteiger partial charge in [0.25, 0.3) is 0 Å². The smallest absolute Gasteiger partial charge is 0.408 e. The average molecular weight is 352 g/mol. The van der Waals surface area contributed by atoms with Crippen LogP contribution in [0.4, 0.5) is 0 Å². The molecule has 0 aliphatic carbocycles. The summed E-state index contributed by atoms with van der Waals surface area (Å²) in [6.45, 7) is 2.59. The SMILES string of the molecule is CCCS(=O)(=O)N1CCC(C(=O)c2ccc3[nH]c(=O)oc3c2)CC1. The average Bonchev–Trinajstić information content (AvgIpc) is 2.93. The van der Waals surface area contributed by atoms with Crippen LogP contribution < -0.4 is 5.76 Å². The molecule has 0 unspecified atom stereocenters. The summed E-state index contributed by atoms with van der Waals surface area (Å²) in [6, 6.07) is 4.88. The molecule has 0 bridgehead atoms. The highest BCUT2D eigenvalue weighted by Crippen LogP contribution is 2.25. The second-order valence-corrected chi connectivity index (χ2v) is 8.17. The molecule has 1 aliphatic rings. The van der Waals surface area contributed by atoms with Gasteiger partial charge in [-0.25, -0.2) is 17.5 Å². The molecular weight excluding hydrogens is 332 g/mol. The number of hydrogen-bond donors (Lipinski definition) is 1. The molecule has 1 aromatic heterocycles. The number of ketones is 1. The van der Waals surface area contributed by atoms with Crippen LogP contribution in [0.5, 0.6) is 0 Å². The molecule has 130 valence electrons. The van der Waals surface area contributed by atoms with Crippen LogP contribution >= 0.6 is 0 Å². The zero-order valence-corrected chi connectivity index (χ0v) is 14.3. The molecule has 1 saturated heterocycles. The van der Waals surface area contributed by atoms with E-state index in [1.54, 1.807) is 18.2 Å². The quantitative estimate of drug-likeness (QED) is 0.826. The largest absolute Gasteiger partial charge is 0.417 e. The van der Waals surface area contributed by atoms with E-state index >= 15 is 0 Å². The Kier molecular flexibility index (Phi) is 4.60. The zero-order valence-electron chi connectivity index (χ0n) is 13.4. The number of rotatable bonds is 5. The number of aromatic amines is 1. The van der Waals surface area contributed by atoms with Crippen LogP contribution in [-0.4, -0.2) is 42.3 Å². The molecule has 8 heteroatoms. The number of H-pyrrole nitrogens is 1. The summed E-state index contributed by atoms with van der Waals surface area (Å²) in [4.78, 5) is 26.4. The Bertz CT molecular complexity index is 904. The van der Waals surface area contributed by atoms with Crippen molar-refractivity contribution in [1.29, 1.82) is 0 Å². The Balaban J connectivity index is 1.71. The lowest BCUT2D eigenvalue weighted by Gasteiger charge is -2.30. The van der Waals surface area contributed by atoms with E-state index in [0.29, 0.717) is 49.0 Å². The summed E-state index contributed by atoms with van der Waals surface area (Å²) >= 11 is 0. The fraction of sp³-hybridized carbons (Fsp3) is 0.500. The van der Waals surface area contributed by atoms with Gasteiger partial charge in [-0.15, -0.1) is 0 Å². The fourth-order valence-corrected chi connectivity index (χ4v) is 4.66. The van der Waals surface area contributed by atoms with E-state index in [0.717, 1.165) is 0 Å². The molecule has 1 aromatic carbocycles. The van der Waals surface area contributed by atoms with Crippen LogP contribution in [0, 0.1) is 5.92 Å². The molecule has 24 heavy (non-hydrogen) atoms. The first-order valence-corrected chi connectivity index (χ1v) is 9.66. The van der Waals surface area contributed by atoms with Crippen LogP contribution in [0.25, 0.3) is 11.1 Å². The number of hydrogen-bond acceptors (Lipinski definition) is 5. The Morgan fingerprint density at radius 1 is 1.33 bits per heavy atom. The lowest BCUT2D eigenvalue weighted by atomic mass is 9.89. The van der Waals surface area contributed by atoms with E-state index in [4.69, 9.17) is 4.42 Å². The molecule has 1 aliphatic heterocycles. The maximum Gasteiger partial charge on any atom is 0.417 e. The van der Waals surface area contributed by atoms with E-state index in [1.807, 2.05) is 6.92 Å². The van der Waals surface area contributed by atoms with Gasteiger partial charge in [0.1, 0.15) is 0 Å². The van der Waals surface area contributed by atoms with Crippen LogP contribution in [0.1, 0.15) is 36.5 Å². The number of nitrogens with zero attached hydrogens (tertiary/aromatic N) is 1. The van der Waals surface area contributed by atoms with Crippen molar-refractivity contribution in [1.82, 2.24) is 9.29 Å². The molecule has 0 saturated carbocycles. The topological polar surface area (TPSA) is 100 Å². The highest BCUT2D eigenvalue weighted by Gasteiger charge is 2.31. The van der Waals surface area contributed by atoms with Crippen LogP contribution in [-0.2, 0) is 10.0 Å². The number of nitrogens with one attached hydrogen (secondary N) is 1. The number of carbonyl (C=O) groups excluding carboxylic acids is 1. The van der Waals surface area contributed by atoms with Gasteiger partial charge in [0.2, 0.25) is 10.0 Å².